The number of ether oxygens (including phenoxy) is 1. The molecule has 0 spiro atoms. The highest BCUT2D eigenvalue weighted by Crippen LogP contribution is 2.12. The van der Waals surface area contributed by atoms with Crippen molar-refractivity contribution in [3.05, 3.63) is 12.7 Å². The molecule has 1 aliphatic heterocycles. The molecule has 108 valence electrons. The Labute approximate surface area is 115 Å². The standard InChI is InChI=1S/C13H25N5O/c1-3-13-10-16(4-6-17(13)8-9-19-2)5-7-18-12-14-11-15-18/h11-13H,3-10H2,1-2H3. The molecule has 1 aromatic heterocycles. The Bertz CT molecular complexity index is 343. The quantitative estimate of drug-likeness (QED) is 0.712. The first-order chi connectivity index (χ1) is 9.33. The van der Waals surface area contributed by atoms with Crippen molar-refractivity contribution < 1.29 is 4.74 Å². The number of nitrogens with zero attached hydrogens (tertiary/aromatic N) is 5. The summed E-state index contributed by atoms with van der Waals surface area (Å²) < 4.78 is 7.09. The maximum atomic E-state index is 5.19. The van der Waals surface area contributed by atoms with Crippen molar-refractivity contribution in [3.63, 3.8) is 0 Å². The highest BCUT2D eigenvalue weighted by molar-refractivity contribution is 4.81. The Morgan fingerprint density at radius 1 is 1.26 bits per heavy atom. The zero-order valence-electron chi connectivity index (χ0n) is 12.0. The summed E-state index contributed by atoms with van der Waals surface area (Å²) in [6.45, 7) is 9.54. The summed E-state index contributed by atoms with van der Waals surface area (Å²) in [5.74, 6) is 0. The van der Waals surface area contributed by atoms with Crippen LogP contribution in [0.5, 0.6) is 0 Å². The zero-order valence-corrected chi connectivity index (χ0v) is 12.0. The van der Waals surface area contributed by atoms with Gasteiger partial charge in [-0.05, 0) is 6.42 Å². The third kappa shape index (κ3) is 4.26. The molecule has 1 atom stereocenters. The van der Waals surface area contributed by atoms with E-state index in [4.69, 9.17) is 4.74 Å². The summed E-state index contributed by atoms with van der Waals surface area (Å²) in [7, 11) is 1.77. The molecule has 1 unspecified atom stereocenters. The van der Waals surface area contributed by atoms with Crippen LogP contribution in [0.2, 0.25) is 0 Å². The summed E-state index contributed by atoms with van der Waals surface area (Å²) in [6.07, 6.45) is 4.58. The third-order valence-corrected chi connectivity index (χ3v) is 3.85. The molecule has 6 heteroatoms. The minimum Gasteiger partial charge on any atom is -0.383 e. The van der Waals surface area contributed by atoms with E-state index in [-0.39, 0.29) is 0 Å². The van der Waals surface area contributed by atoms with E-state index in [0.717, 1.165) is 45.9 Å². The fraction of sp³-hybridized carbons (Fsp3) is 0.846. The molecule has 0 aromatic carbocycles. The van der Waals surface area contributed by atoms with Crippen molar-refractivity contribution in [3.8, 4) is 0 Å². The molecule has 6 nitrogen and oxygen atoms in total. The van der Waals surface area contributed by atoms with Gasteiger partial charge in [-0.25, -0.2) is 4.98 Å². The van der Waals surface area contributed by atoms with E-state index in [1.54, 1.807) is 19.8 Å². The predicted octanol–water partition coefficient (Wildman–Crippen LogP) is 0.321. The molecule has 1 fully saturated rings. The summed E-state index contributed by atoms with van der Waals surface area (Å²) in [5.41, 5.74) is 0. The van der Waals surface area contributed by atoms with Crippen LogP contribution in [0.4, 0.5) is 0 Å². The number of methoxy groups -OCH3 is 1. The lowest BCUT2D eigenvalue weighted by molar-refractivity contribution is 0.0480. The number of aromatic nitrogens is 3. The molecule has 0 radical (unpaired) electrons. The van der Waals surface area contributed by atoms with Gasteiger partial charge in [0.05, 0.1) is 13.2 Å². The Balaban J connectivity index is 1.76. The summed E-state index contributed by atoms with van der Waals surface area (Å²) >= 11 is 0. The minimum atomic E-state index is 0.652. The van der Waals surface area contributed by atoms with Gasteiger partial charge < -0.3 is 4.74 Å². The lowest BCUT2D eigenvalue weighted by atomic mass is 10.1. The molecule has 1 aliphatic rings. The van der Waals surface area contributed by atoms with Crippen molar-refractivity contribution >= 4 is 0 Å². The lowest BCUT2D eigenvalue weighted by Crippen LogP contribution is -2.54. The average Bonchev–Trinajstić information content (AvgIpc) is 2.96. The van der Waals surface area contributed by atoms with Crippen molar-refractivity contribution in [1.29, 1.82) is 0 Å². The molecule has 0 saturated carbocycles. The molecule has 2 rings (SSSR count). The third-order valence-electron chi connectivity index (χ3n) is 3.85. The highest BCUT2D eigenvalue weighted by Gasteiger charge is 2.24. The largest absolute Gasteiger partial charge is 0.383 e. The molecule has 1 saturated heterocycles. The molecular formula is C13H25N5O. The van der Waals surface area contributed by atoms with Crippen LogP contribution in [-0.2, 0) is 11.3 Å². The fourth-order valence-corrected chi connectivity index (χ4v) is 2.64. The van der Waals surface area contributed by atoms with Crippen molar-refractivity contribution in [2.45, 2.75) is 25.9 Å². The molecule has 0 amide bonds. The number of rotatable bonds is 7. The van der Waals surface area contributed by atoms with E-state index in [0.29, 0.717) is 6.04 Å². The van der Waals surface area contributed by atoms with Crippen LogP contribution < -0.4 is 0 Å². The maximum Gasteiger partial charge on any atom is 0.137 e. The normalized spacial score (nSPS) is 21.9. The van der Waals surface area contributed by atoms with Gasteiger partial charge in [-0.3, -0.25) is 14.5 Å². The van der Waals surface area contributed by atoms with Gasteiger partial charge in [0, 0.05) is 45.9 Å². The van der Waals surface area contributed by atoms with Crippen LogP contribution in [0.3, 0.4) is 0 Å². The van der Waals surface area contributed by atoms with Crippen molar-refractivity contribution in [1.82, 2.24) is 24.6 Å². The van der Waals surface area contributed by atoms with Crippen LogP contribution in [-0.4, -0.2) is 77.0 Å². The van der Waals surface area contributed by atoms with Crippen molar-refractivity contribution in [2.75, 3.05) is 46.4 Å². The second-order valence-corrected chi connectivity index (χ2v) is 5.05. The van der Waals surface area contributed by atoms with Gasteiger partial charge in [-0.1, -0.05) is 6.92 Å². The first kappa shape index (κ1) is 14.4. The lowest BCUT2D eigenvalue weighted by Gasteiger charge is -2.41. The fourth-order valence-electron chi connectivity index (χ4n) is 2.64. The topological polar surface area (TPSA) is 46.4 Å². The van der Waals surface area contributed by atoms with E-state index in [1.807, 2.05) is 4.68 Å². The van der Waals surface area contributed by atoms with Crippen LogP contribution in [0.1, 0.15) is 13.3 Å². The van der Waals surface area contributed by atoms with Gasteiger partial charge in [0.15, 0.2) is 0 Å². The molecule has 0 N–H and O–H groups in total. The maximum absolute atomic E-state index is 5.19. The first-order valence-corrected chi connectivity index (χ1v) is 7.11. The van der Waals surface area contributed by atoms with Crippen LogP contribution in [0, 0.1) is 0 Å². The number of piperazine rings is 1. The summed E-state index contributed by atoms with van der Waals surface area (Å²) in [5, 5.41) is 4.15. The van der Waals surface area contributed by atoms with E-state index in [2.05, 4.69) is 26.8 Å². The zero-order chi connectivity index (χ0) is 13.5. The van der Waals surface area contributed by atoms with Gasteiger partial charge in [-0.15, -0.1) is 0 Å². The Hall–Kier alpha value is -0.980. The van der Waals surface area contributed by atoms with Crippen LogP contribution in [0.15, 0.2) is 12.7 Å². The van der Waals surface area contributed by atoms with E-state index in [1.165, 1.54) is 6.42 Å². The van der Waals surface area contributed by atoms with Gasteiger partial charge >= 0.3 is 0 Å². The first-order valence-electron chi connectivity index (χ1n) is 7.11. The van der Waals surface area contributed by atoms with Crippen molar-refractivity contribution in [2.24, 2.45) is 0 Å². The van der Waals surface area contributed by atoms with Crippen LogP contribution in [0.25, 0.3) is 0 Å². The molecule has 19 heavy (non-hydrogen) atoms. The molecular weight excluding hydrogens is 242 g/mol. The molecule has 2 heterocycles. The van der Waals surface area contributed by atoms with Gasteiger partial charge in [0.1, 0.15) is 12.7 Å². The average molecular weight is 267 g/mol. The van der Waals surface area contributed by atoms with E-state index >= 15 is 0 Å². The number of hydrogen-bond acceptors (Lipinski definition) is 5. The summed E-state index contributed by atoms with van der Waals surface area (Å²) in [4.78, 5) is 9.05. The number of hydrogen-bond donors (Lipinski definition) is 0. The van der Waals surface area contributed by atoms with Gasteiger partial charge in [0.2, 0.25) is 0 Å². The van der Waals surface area contributed by atoms with Gasteiger partial charge in [-0.2, -0.15) is 5.10 Å². The second kappa shape index (κ2) is 7.57. The molecule has 0 aliphatic carbocycles. The Morgan fingerprint density at radius 2 is 2.16 bits per heavy atom. The molecule has 0 bridgehead atoms. The monoisotopic (exact) mass is 267 g/mol. The van der Waals surface area contributed by atoms with Gasteiger partial charge in [0.25, 0.3) is 0 Å². The second-order valence-electron chi connectivity index (χ2n) is 5.05. The highest BCUT2D eigenvalue weighted by atomic mass is 16.5. The SMILES string of the molecule is CCC1CN(CCn2cncn2)CCN1CCOC. The minimum absolute atomic E-state index is 0.652. The van der Waals surface area contributed by atoms with E-state index in [9.17, 15) is 0 Å². The van der Waals surface area contributed by atoms with Crippen LogP contribution >= 0.6 is 0 Å². The molecule has 1 aromatic rings. The Kier molecular flexibility index (Phi) is 5.75. The summed E-state index contributed by atoms with van der Waals surface area (Å²) in [6, 6.07) is 0.652. The smallest absolute Gasteiger partial charge is 0.137 e. The predicted molar refractivity (Wildman–Crippen MR) is 74.0 cm³/mol. The van der Waals surface area contributed by atoms with E-state index < -0.39 is 0 Å². The Morgan fingerprint density at radius 3 is 2.84 bits per heavy atom.